The second-order valence-electron chi connectivity index (χ2n) is 5.36. The minimum absolute atomic E-state index is 0.0870. The molecule has 0 bridgehead atoms. The zero-order chi connectivity index (χ0) is 14.8. The largest absolute Gasteiger partial charge is 0.491 e. The van der Waals surface area contributed by atoms with Crippen molar-refractivity contribution < 1.29 is 13.9 Å². The first-order valence-corrected chi connectivity index (χ1v) is 7.08. The quantitative estimate of drug-likeness (QED) is 0.919. The Morgan fingerprint density at radius 1 is 1.19 bits per heavy atom. The van der Waals surface area contributed by atoms with E-state index < -0.39 is 0 Å². The Morgan fingerprint density at radius 3 is 2.67 bits per heavy atom. The van der Waals surface area contributed by atoms with Crippen LogP contribution in [0.25, 0.3) is 0 Å². The second kappa shape index (κ2) is 5.64. The molecule has 1 N–H and O–H groups in total. The second-order valence-corrected chi connectivity index (χ2v) is 5.36. The predicted molar refractivity (Wildman–Crippen MR) is 80.5 cm³/mol. The molecule has 1 heterocycles. The maximum absolute atomic E-state index is 13.2. The van der Waals surface area contributed by atoms with Crippen LogP contribution in [0, 0.1) is 5.82 Å². The molecule has 4 heteroatoms. The maximum Gasteiger partial charge on any atom is 0.143 e. The van der Waals surface area contributed by atoms with Crippen molar-refractivity contribution in [3.63, 3.8) is 0 Å². The molecule has 3 rings (SSSR count). The lowest BCUT2D eigenvalue weighted by atomic mass is 10.1. The Hall–Kier alpha value is -2.23. The number of ether oxygens (including phenoxy) is 2. The lowest BCUT2D eigenvalue weighted by molar-refractivity contribution is 0.209. The van der Waals surface area contributed by atoms with E-state index in [0.717, 1.165) is 11.3 Å². The third-order valence-corrected chi connectivity index (χ3v) is 3.31. The molecule has 2 aromatic carbocycles. The van der Waals surface area contributed by atoms with Gasteiger partial charge < -0.3 is 14.8 Å². The fraction of sp³-hybridized carbons (Fsp3) is 0.294. The van der Waals surface area contributed by atoms with E-state index in [1.54, 1.807) is 6.07 Å². The summed E-state index contributed by atoms with van der Waals surface area (Å²) in [6.07, 6.45) is 0.0706. The van der Waals surface area contributed by atoms with Crippen LogP contribution < -0.4 is 14.8 Å². The molecule has 2 aromatic rings. The van der Waals surface area contributed by atoms with Gasteiger partial charge in [0.2, 0.25) is 0 Å². The summed E-state index contributed by atoms with van der Waals surface area (Å²) in [5.41, 5.74) is 1.76. The number of hydrogen-bond acceptors (Lipinski definition) is 3. The average Bonchev–Trinajstić information content (AvgIpc) is 2.47. The molecule has 1 aliphatic heterocycles. The van der Waals surface area contributed by atoms with Gasteiger partial charge >= 0.3 is 0 Å². The van der Waals surface area contributed by atoms with Gasteiger partial charge in [0.1, 0.15) is 23.4 Å². The van der Waals surface area contributed by atoms with Crippen molar-refractivity contribution in [1.29, 1.82) is 0 Å². The van der Waals surface area contributed by atoms with Gasteiger partial charge in [-0.25, -0.2) is 4.39 Å². The zero-order valence-electron chi connectivity index (χ0n) is 12.1. The van der Waals surface area contributed by atoms with Crippen molar-refractivity contribution >= 4 is 5.69 Å². The van der Waals surface area contributed by atoms with E-state index in [1.165, 1.54) is 12.1 Å². The summed E-state index contributed by atoms with van der Waals surface area (Å²) in [5, 5.41) is 3.20. The monoisotopic (exact) mass is 287 g/mol. The number of anilines is 1. The summed E-state index contributed by atoms with van der Waals surface area (Å²) in [6, 6.07) is 12.4. The molecule has 0 aliphatic carbocycles. The van der Waals surface area contributed by atoms with E-state index in [0.29, 0.717) is 18.0 Å². The van der Waals surface area contributed by atoms with Gasteiger partial charge in [0.15, 0.2) is 0 Å². The highest BCUT2D eigenvalue weighted by molar-refractivity contribution is 5.58. The predicted octanol–water partition coefficient (Wildman–Crippen LogP) is 4.16. The van der Waals surface area contributed by atoms with E-state index in [4.69, 9.17) is 9.47 Å². The van der Waals surface area contributed by atoms with Gasteiger partial charge in [-0.15, -0.1) is 0 Å². The molecule has 21 heavy (non-hydrogen) atoms. The molecule has 0 fully saturated rings. The van der Waals surface area contributed by atoms with E-state index >= 15 is 0 Å². The number of nitrogens with one attached hydrogen (secondary N) is 1. The van der Waals surface area contributed by atoms with Crippen LogP contribution in [0.2, 0.25) is 0 Å². The third kappa shape index (κ3) is 3.10. The molecule has 3 nitrogen and oxygen atoms in total. The van der Waals surface area contributed by atoms with Crippen LogP contribution in [0.3, 0.4) is 0 Å². The van der Waals surface area contributed by atoms with Gasteiger partial charge in [0, 0.05) is 6.07 Å². The molecule has 0 radical (unpaired) electrons. The summed E-state index contributed by atoms with van der Waals surface area (Å²) in [6.45, 7) is 4.61. The van der Waals surface area contributed by atoms with Crippen molar-refractivity contribution in [2.45, 2.75) is 26.1 Å². The Kier molecular flexibility index (Phi) is 3.69. The van der Waals surface area contributed by atoms with Crippen LogP contribution in [0.1, 0.15) is 25.5 Å². The summed E-state index contributed by atoms with van der Waals surface area (Å²) >= 11 is 0. The molecular formula is C17H18FNO2. The van der Waals surface area contributed by atoms with Gasteiger partial charge in [0.05, 0.1) is 18.3 Å². The molecule has 1 atom stereocenters. The fourth-order valence-electron chi connectivity index (χ4n) is 2.36. The number of halogens is 1. The van der Waals surface area contributed by atoms with Crippen molar-refractivity contribution in [2.24, 2.45) is 0 Å². The average molecular weight is 287 g/mol. The number of fused-ring (bicyclic) bond motifs is 1. The maximum atomic E-state index is 13.2. The highest BCUT2D eigenvalue weighted by Crippen LogP contribution is 2.34. The van der Waals surface area contributed by atoms with Gasteiger partial charge in [-0.05, 0) is 43.7 Å². The van der Waals surface area contributed by atoms with Gasteiger partial charge in [0.25, 0.3) is 0 Å². The molecule has 0 amide bonds. The van der Waals surface area contributed by atoms with Gasteiger partial charge in [-0.2, -0.15) is 0 Å². The standard InChI is InChI=1S/C17H18FNO2/c1-11(2)20-14-6-3-12(4-7-14)17-10-19-15-9-13(18)5-8-16(15)21-17/h3-9,11,17,19H,10H2,1-2H3. The Bertz CT molecular complexity index is 625. The first-order valence-electron chi connectivity index (χ1n) is 7.08. The first kappa shape index (κ1) is 13.7. The summed E-state index contributed by atoms with van der Waals surface area (Å²) in [4.78, 5) is 0. The molecule has 1 unspecified atom stereocenters. The van der Waals surface area contributed by atoms with Crippen LogP contribution in [0.4, 0.5) is 10.1 Å². The minimum atomic E-state index is -0.265. The van der Waals surface area contributed by atoms with Crippen LogP contribution in [-0.2, 0) is 0 Å². The van der Waals surface area contributed by atoms with E-state index in [-0.39, 0.29) is 18.0 Å². The molecular weight excluding hydrogens is 269 g/mol. The van der Waals surface area contributed by atoms with Crippen LogP contribution in [0.5, 0.6) is 11.5 Å². The summed E-state index contributed by atoms with van der Waals surface area (Å²) < 4.78 is 24.7. The van der Waals surface area contributed by atoms with Crippen molar-refractivity contribution in [3.05, 3.63) is 53.8 Å². The summed E-state index contributed by atoms with van der Waals surface area (Å²) in [5.74, 6) is 1.26. The first-order chi connectivity index (χ1) is 10.1. The molecule has 0 spiro atoms. The summed E-state index contributed by atoms with van der Waals surface area (Å²) in [7, 11) is 0. The molecule has 0 saturated carbocycles. The van der Waals surface area contributed by atoms with E-state index in [1.807, 2.05) is 38.1 Å². The van der Waals surface area contributed by atoms with Crippen LogP contribution in [0.15, 0.2) is 42.5 Å². The molecule has 0 saturated heterocycles. The van der Waals surface area contributed by atoms with E-state index in [9.17, 15) is 4.39 Å². The van der Waals surface area contributed by atoms with E-state index in [2.05, 4.69) is 5.32 Å². The van der Waals surface area contributed by atoms with Crippen LogP contribution >= 0.6 is 0 Å². The van der Waals surface area contributed by atoms with Crippen molar-refractivity contribution in [2.75, 3.05) is 11.9 Å². The normalized spacial score (nSPS) is 16.9. The van der Waals surface area contributed by atoms with Crippen LogP contribution in [-0.4, -0.2) is 12.6 Å². The number of rotatable bonds is 3. The van der Waals surface area contributed by atoms with Crippen molar-refractivity contribution in [3.8, 4) is 11.5 Å². The van der Waals surface area contributed by atoms with Gasteiger partial charge in [-0.1, -0.05) is 12.1 Å². The van der Waals surface area contributed by atoms with Gasteiger partial charge in [-0.3, -0.25) is 0 Å². The molecule has 110 valence electrons. The van der Waals surface area contributed by atoms with Crippen molar-refractivity contribution in [1.82, 2.24) is 0 Å². The Labute approximate surface area is 123 Å². The zero-order valence-corrected chi connectivity index (χ0v) is 12.1. The smallest absolute Gasteiger partial charge is 0.143 e. The minimum Gasteiger partial charge on any atom is -0.491 e. The molecule has 1 aliphatic rings. The molecule has 0 aromatic heterocycles. The SMILES string of the molecule is CC(C)Oc1ccc(C2CNc3cc(F)ccc3O2)cc1. The Morgan fingerprint density at radius 2 is 1.95 bits per heavy atom. The highest BCUT2D eigenvalue weighted by atomic mass is 19.1. The topological polar surface area (TPSA) is 30.5 Å². The Balaban J connectivity index is 1.75. The highest BCUT2D eigenvalue weighted by Gasteiger charge is 2.21. The number of hydrogen-bond donors (Lipinski definition) is 1. The fourth-order valence-corrected chi connectivity index (χ4v) is 2.36. The number of benzene rings is 2. The lowest BCUT2D eigenvalue weighted by Gasteiger charge is -2.27. The third-order valence-electron chi connectivity index (χ3n) is 3.31. The lowest BCUT2D eigenvalue weighted by Crippen LogP contribution is -2.23.